The topological polar surface area (TPSA) is 38.3 Å². The number of aryl methyl sites for hydroxylation is 2. The van der Waals surface area contributed by atoms with Crippen LogP contribution in [-0.4, -0.2) is 19.1 Å². The zero-order valence-electron chi connectivity index (χ0n) is 16.2. The fourth-order valence-corrected chi connectivity index (χ4v) is 4.70. The maximum absolute atomic E-state index is 12.7. The summed E-state index contributed by atoms with van der Waals surface area (Å²) in [7, 11) is 1.69. The van der Waals surface area contributed by atoms with Crippen LogP contribution in [0.4, 0.5) is 0 Å². The lowest BCUT2D eigenvalue weighted by atomic mass is 9.91. The van der Waals surface area contributed by atoms with E-state index >= 15 is 0 Å². The molecule has 4 heteroatoms. The van der Waals surface area contributed by atoms with Crippen LogP contribution in [0.5, 0.6) is 5.75 Å². The maximum atomic E-state index is 12.7. The number of fused-ring (bicyclic) bond motifs is 3. The van der Waals surface area contributed by atoms with Gasteiger partial charge in [0.2, 0.25) is 0 Å². The third-order valence-electron chi connectivity index (χ3n) is 5.05. The molecular formula is C22H29NO2S. The Morgan fingerprint density at radius 2 is 1.92 bits per heavy atom. The minimum atomic E-state index is 0.0610. The fraction of sp³-hybridized carbons (Fsp3) is 0.500. The molecule has 1 unspecified atom stereocenters. The third kappa shape index (κ3) is 4.29. The zero-order valence-corrected chi connectivity index (χ0v) is 17.0. The van der Waals surface area contributed by atoms with Crippen LogP contribution < -0.4 is 10.1 Å². The van der Waals surface area contributed by atoms with Crippen LogP contribution in [0.15, 0.2) is 24.3 Å². The lowest BCUT2D eigenvalue weighted by molar-refractivity contribution is 0.0942. The molecule has 0 saturated heterocycles. The lowest BCUT2D eigenvalue weighted by Gasteiger charge is -2.16. The summed E-state index contributed by atoms with van der Waals surface area (Å²) in [5.74, 6) is 1.65. The van der Waals surface area contributed by atoms with E-state index in [-0.39, 0.29) is 11.9 Å². The Morgan fingerprint density at radius 1 is 1.15 bits per heavy atom. The lowest BCUT2D eigenvalue weighted by Crippen LogP contribution is -2.32. The van der Waals surface area contributed by atoms with Gasteiger partial charge in [-0.05, 0) is 67.0 Å². The van der Waals surface area contributed by atoms with E-state index in [0.717, 1.165) is 42.2 Å². The molecule has 0 radical (unpaired) electrons. The number of amides is 1. The van der Waals surface area contributed by atoms with Crippen molar-refractivity contribution in [3.63, 3.8) is 0 Å². The molecular weight excluding hydrogens is 342 g/mol. The molecule has 140 valence electrons. The summed E-state index contributed by atoms with van der Waals surface area (Å²) in [6, 6.07) is 8.56. The zero-order chi connectivity index (χ0) is 18.7. The number of methoxy groups -OCH3 is 1. The highest BCUT2D eigenvalue weighted by Crippen LogP contribution is 2.41. The number of nitrogens with one attached hydrogen (secondary N) is 1. The van der Waals surface area contributed by atoms with Gasteiger partial charge in [0.15, 0.2) is 0 Å². The van der Waals surface area contributed by atoms with Crippen molar-refractivity contribution >= 4 is 17.2 Å². The summed E-state index contributed by atoms with van der Waals surface area (Å²) in [6.45, 7) is 6.59. The minimum absolute atomic E-state index is 0.0610. The van der Waals surface area contributed by atoms with Crippen molar-refractivity contribution in [3.05, 3.63) is 40.3 Å². The van der Waals surface area contributed by atoms with Crippen LogP contribution in [0, 0.1) is 5.92 Å². The number of hydrogen-bond acceptors (Lipinski definition) is 3. The second-order valence-electron chi connectivity index (χ2n) is 7.69. The van der Waals surface area contributed by atoms with E-state index in [1.165, 1.54) is 28.0 Å². The van der Waals surface area contributed by atoms with Crippen LogP contribution in [-0.2, 0) is 12.8 Å². The van der Waals surface area contributed by atoms with Crippen LogP contribution in [0.3, 0.4) is 0 Å². The first kappa shape index (κ1) is 19.0. The minimum Gasteiger partial charge on any atom is -0.497 e. The van der Waals surface area contributed by atoms with Gasteiger partial charge in [-0.25, -0.2) is 0 Å². The molecule has 0 bridgehead atoms. The summed E-state index contributed by atoms with van der Waals surface area (Å²) < 4.78 is 5.38. The van der Waals surface area contributed by atoms with Crippen molar-refractivity contribution < 1.29 is 9.53 Å². The van der Waals surface area contributed by atoms with E-state index in [9.17, 15) is 4.79 Å². The molecule has 1 heterocycles. The molecule has 0 aliphatic heterocycles. The summed E-state index contributed by atoms with van der Waals surface area (Å²) in [5.41, 5.74) is 3.85. The molecule has 3 nitrogen and oxygen atoms in total. The first-order chi connectivity index (χ1) is 12.5. The van der Waals surface area contributed by atoms with Crippen molar-refractivity contribution in [2.75, 3.05) is 7.11 Å². The molecule has 1 amide bonds. The molecule has 1 atom stereocenters. The van der Waals surface area contributed by atoms with Crippen molar-refractivity contribution in [3.8, 4) is 16.2 Å². The second kappa shape index (κ2) is 8.26. The van der Waals surface area contributed by atoms with Gasteiger partial charge in [0, 0.05) is 10.9 Å². The molecule has 1 aliphatic carbocycles. The molecule has 1 aromatic carbocycles. The molecule has 26 heavy (non-hydrogen) atoms. The van der Waals surface area contributed by atoms with E-state index in [1.54, 1.807) is 18.4 Å². The van der Waals surface area contributed by atoms with E-state index < -0.39 is 0 Å². The highest BCUT2D eigenvalue weighted by Gasteiger charge is 2.22. The van der Waals surface area contributed by atoms with Gasteiger partial charge < -0.3 is 10.1 Å². The maximum Gasteiger partial charge on any atom is 0.261 e. The molecule has 0 spiro atoms. The second-order valence-corrected chi connectivity index (χ2v) is 8.74. The standard InChI is InChI=1S/C22H29NO2S/c1-14(2)6-5-7-15(3)23-22(24)20-12-17-9-8-16-10-11-18(25-4)13-19(16)21(17)26-20/h10-15H,5-9H2,1-4H3,(H,23,24). The number of ether oxygens (including phenoxy) is 1. The number of carbonyl (C=O) groups is 1. The van der Waals surface area contributed by atoms with Gasteiger partial charge >= 0.3 is 0 Å². The van der Waals surface area contributed by atoms with E-state index in [2.05, 4.69) is 44.3 Å². The van der Waals surface area contributed by atoms with Crippen LogP contribution in [0.1, 0.15) is 60.8 Å². The van der Waals surface area contributed by atoms with Crippen molar-refractivity contribution in [1.29, 1.82) is 0 Å². The van der Waals surface area contributed by atoms with Crippen LogP contribution >= 0.6 is 11.3 Å². The predicted octanol–water partition coefficient (Wildman–Crippen LogP) is 5.47. The van der Waals surface area contributed by atoms with Crippen molar-refractivity contribution in [1.82, 2.24) is 5.32 Å². The van der Waals surface area contributed by atoms with Crippen LogP contribution in [0.2, 0.25) is 0 Å². The predicted molar refractivity (Wildman–Crippen MR) is 109 cm³/mol. The molecule has 1 aliphatic rings. The Bertz CT molecular complexity index is 778. The Labute approximate surface area is 160 Å². The normalized spacial score (nSPS) is 13.9. The molecule has 1 aromatic heterocycles. The van der Waals surface area contributed by atoms with Gasteiger partial charge in [-0.1, -0.05) is 32.8 Å². The number of thiophene rings is 1. The molecule has 0 saturated carbocycles. The SMILES string of the molecule is COc1ccc2c(c1)-c1sc(C(=O)NC(C)CCCC(C)C)cc1CC2. The van der Waals surface area contributed by atoms with Gasteiger partial charge in [-0.2, -0.15) is 0 Å². The number of benzene rings is 1. The Balaban J connectivity index is 1.71. The monoisotopic (exact) mass is 371 g/mol. The first-order valence-corrected chi connectivity index (χ1v) is 10.4. The fourth-order valence-electron chi connectivity index (χ4n) is 3.53. The van der Waals surface area contributed by atoms with Gasteiger partial charge in [-0.3, -0.25) is 4.79 Å². The number of carbonyl (C=O) groups excluding carboxylic acids is 1. The molecule has 2 aromatic rings. The summed E-state index contributed by atoms with van der Waals surface area (Å²) in [4.78, 5) is 14.7. The molecule has 0 fully saturated rings. The average molecular weight is 372 g/mol. The summed E-state index contributed by atoms with van der Waals surface area (Å²) >= 11 is 1.61. The summed E-state index contributed by atoms with van der Waals surface area (Å²) in [6.07, 6.45) is 5.44. The Hall–Kier alpha value is -1.81. The van der Waals surface area contributed by atoms with Gasteiger partial charge in [0.25, 0.3) is 5.91 Å². The average Bonchev–Trinajstić information content (AvgIpc) is 3.05. The van der Waals surface area contributed by atoms with Crippen molar-refractivity contribution in [2.45, 2.75) is 58.9 Å². The van der Waals surface area contributed by atoms with E-state index in [0.29, 0.717) is 0 Å². The summed E-state index contributed by atoms with van der Waals surface area (Å²) in [5, 5.41) is 3.17. The first-order valence-electron chi connectivity index (χ1n) is 9.58. The highest BCUT2D eigenvalue weighted by atomic mass is 32.1. The van der Waals surface area contributed by atoms with E-state index in [4.69, 9.17) is 4.74 Å². The van der Waals surface area contributed by atoms with Crippen molar-refractivity contribution in [2.24, 2.45) is 5.92 Å². The van der Waals surface area contributed by atoms with Crippen LogP contribution in [0.25, 0.3) is 10.4 Å². The number of hydrogen-bond donors (Lipinski definition) is 1. The number of rotatable bonds is 7. The molecule has 1 N–H and O–H groups in total. The van der Waals surface area contributed by atoms with Gasteiger partial charge in [0.05, 0.1) is 12.0 Å². The van der Waals surface area contributed by atoms with E-state index in [1.807, 2.05) is 6.07 Å². The van der Waals surface area contributed by atoms with Gasteiger partial charge in [0.1, 0.15) is 5.75 Å². The third-order valence-corrected chi connectivity index (χ3v) is 6.26. The quantitative estimate of drug-likeness (QED) is 0.701. The van der Waals surface area contributed by atoms with Gasteiger partial charge in [-0.15, -0.1) is 11.3 Å². The Morgan fingerprint density at radius 3 is 2.65 bits per heavy atom. The highest BCUT2D eigenvalue weighted by molar-refractivity contribution is 7.17. The smallest absolute Gasteiger partial charge is 0.261 e. The Kier molecular flexibility index (Phi) is 6.02. The largest absolute Gasteiger partial charge is 0.497 e. The molecule has 3 rings (SSSR count).